The summed E-state index contributed by atoms with van der Waals surface area (Å²) >= 11 is 0. The Morgan fingerprint density at radius 3 is 2.50 bits per heavy atom. The molecule has 4 atom stereocenters. The Labute approximate surface area is 184 Å². The van der Waals surface area contributed by atoms with Crippen LogP contribution in [0.4, 0.5) is 10.2 Å². The zero-order valence-electron chi connectivity index (χ0n) is 18.5. The van der Waals surface area contributed by atoms with Crippen molar-refractivity contribution >= 4 is 17.8 Å². The van der Waals surface area contributed by atoms with Gasteiger partial charge in [-0.1, -0.05) is 27.7 Å². The highest BCUT2D eigenvalue weighted by atomic mass is 19.2. The molecule has 180 valence electrons. The quantitative estimate of drug-likeness (QED) is 0.337. The lowest BCUT2D eigenvalue weighted by atomic mass is 10.0. The van der Waals surface area contributed by atoms with Crippen molar-refractivity contribution < 1.29 is 38.4 Å². The third-order valence-corrected chi connectivity index (χ3v) is 5.15. The highest BCUT2D eigenvalue weighted by Crippen LogP contribution is 2.38. The SMILES string of the molecule is CCC(CC)C(=O)OCNc1ccn([C@@H]2O[C@](F)(COC(=O)C(C)C)[C@@H](O)[C@H]2O)c(=O)n1. The minimum atomic E-state index is -2.91. The number of aliphatic hydroxyl groups is 2. The molecule has 1 aliphatic heterocycles. The van der Waals surface area contributed by atoms with Gasteiger partial charge in [-0.2, -0.15) is 4.98 Å². The molecular formula is C20H30FN3O8. The van der Waals surface area contributed by atoms with Crippen molar-refractivity contribution in [3.63, 3.8) is 0 Å². The maximum Gasteiger partial charge on any atom is 0.351 e. The van der Waals surface area contributed by atoms with Gasteiger partial charge < -0.3 is 29.7 Å². The van der Waals surface area contributed by atoms with E-state index in [1.54, 1.807) is 13.8 Å². The standard InChI is InChI=1S/C20H30FN3O8/c1-5-12(6-2)18(28)31-10-22-13-7-8-24(19(29)23-13)16-14(25)15(26)20(21,32-16)9-30-17(27)11(3)4/h7-8,11-12,14-16,25-26H,5-6,9-10H2,1-4H3,(H,22,23,29)/t14-,15+,16-,20-/m1/s1. The Bertz CT molecular complexity index is 859. The highest BCUT2D eigenvalue weighted by Gasteiger charge is 2.57. The van der Waals surface area contributed by atoms with Gasteiger partial charge in [-0.25, -0.2) is 9.18 Å². The number of aromatic nitrogens is 2. The molecule has 1 aromatic heterocycles. The van der Waals surface area contributed by atoms with E-state index in [9.17, 15) is 29.0 Å². The number of alkyl halides is 1. The molecule has 1 saturated heterocycles. The van der Waals surface area contributed by atoms with Crippen LogP contribution >= 0.6 is 0 Å². The van der Waals surface area contributed by atoms with E-state index >= 15 is 0 Å². The van der Waals surface area contributed by atoms with Gasteiger partial charge in [0.25, 0.3) is 5.85 Å². The summed E-state index contributed by atoms with van der Waals surface area (Å²) in [4.78, 5) is 39.5. The molecular weight excluding hydrogens is 429 g/mol. The second-order valence-electron chi connectivity index (χ2n) is 7.79. The third kappa shape index (κ3) is 5.81. The summed E-state index contributed by atoms with van der Waals surface area (Å²) in [5, 5.41) is 22.9. The molecule has 3 N–H and O–H groups in total. The molecule has 12 heteroatoms. The first kappa shape index (κ1) is 25.7. The maximum absolute atomic E-state index is 15.0. The second-order valence-corrected chi connectivity index (χ2v) is 7.79. The van der Waals surface area contributed by atoms with Crippen LogP contribution in [0, 0.1) is 11.8 Å². The fourth-order valence-electron chi connectivity index (χ4n) is 3.05. The molecule has 1 fully saturated rings. The first-order valence-corrected chi connectivity index (χ1v) is 10.4. The Morgan fingerprint density at radius 1 is 1.28 bits per heavy atom. The molecule has 0 aliphatic carbocycles. The lowest BCUT2D eigenvalue weighted by Gasteiger charge is -2.23. The van der Waals surface area contributed by atoms with Gasteiger partial charge in [0.15, 0.2) is 19.6 Å². The number of rotatable bonds is 10. The van der Waals surface area contributed by atoms with Gasteiger partial charge in [-0.15, -0.1) is 0 Å². The monoisotopic (exact) mass is 459 g/mol. The Morgan fingerprint density at radius 2 is 1.94 bits per heavy atom. The number of hydrogen-bond acceptors (Lipinski definition) is 10. The van der Waals surface area contributed by atoms with Crippen LogP contribution in [0.2, 0.25) is 0 Å². The number of aliphatic hydroxyl groups excluding tert-OH is 2. The molecule has 11 nitrogen and oxygen atoms in total. The van der Waals surface area contributed by atoms with Crippen LogP contribution in [-0.4, -0.2) is 63.1 Å². The van der Waals surface area contributed by atoms with Gasteiger partial charge in [-0.3, -0.25) is 14.2 Å². The summed E-state index contributed by atoms with van der Waals surface area (Å²) in [6.07, 6.45) is -3.03. The van der Waals surface area contributed by atoms with Crippen molar-refractivity contribution in [2.45, 2.75) is 64.8 Å². The number of anilines is 1. The van der Waals surface area contributed by atoms with E-state index in [0.29, 0.717) is 12.8 Å². The zero-order chi connectivity index (χ0) is 24.1. The summed E-state index contributed by atoms with van der Waals surface area (Å²) in [6, 6.07) is 1.33. The first-order chi connectivity index (χ1) is 15.0. The van der Waals surface area contributed by atoms with Crippen molar-refractivity contribution in [2.24, 2.45) is 11.8 Å². The van der Waals surface area contributed by atoms with Gasteiger partial charge >= 0.3 is 17.6 Å². The summed E-state index contributed by atoms with van der Waals surface area (Å²) in [6.45, 7) is 5.68. The molecule has 1 aromatic rings. The fraction of sp³-hybridized carbons (Fsp3) is 0.700. The fourth-order valence-corrected chi connectivity index (χ4v) is 3.05. The third-order valence-electron chi connectivity index (χ3n) is 5.15. The Hall–Kier alpha value is -2.57. The molecule has 0 unspecified atom stereocenters. The first-order valence-electron chi connectivity index (χ1n) is 10.4. The molecule has 0 saturated carbocycles. The number of nitrogens with zero attached hydrogens (tertiary/aromatic N) is 2. The molecule has 2 heterocycles. The van der Waals surface area contributed by atoms with E-state index in [4.69, 9.17) is 14.2 Å². The Kier molecular flexibility index (Phi) is 8.70. The molecule has 0 radical (unpaired) electrons. The number of carbonyl (C=O) groups is 2. The number of nitrogens with one attached hydrogen (secondary N) is 1. The summed E-state index contributed by atoms with van der Waals surface area (Å²) in [7, 11) is 0. The summed E-state index contributed by atoms with van der Waals surface area (Å²) in [5.41, 5.74) is -0.916. The summed E-state index contributed by atoms with van der Waals surface area (Å²) < 4.78 is 30.7. The number of esters is 2. The molecule has 32 heavy (non-hydrogen) atoms. The van der Waals surface area contributed by atoms with Gasteiger partial charge in [0.05, 0.1) is 11.8 Å². The molecule has 2 rings (SSSR count). The average Bonchev–Trinajstić information content (AvgIpc) is 2.97. The largest absolute Gasteiger partial charge is 0.459 e. The van der Waals surface area contributed by atoms with Crippen LogP contribution in [0.15, 0.2) is 17.1 Å². The van der Waals surface area contributed by atoms with Crippen LogP contribution in [0.5, 0.6) is 0 Å². The van der Waals surface area contributed by atoms with E-state index in [1.807, 2.05) is 13.8 Å². The van der Waals surface area contributed by atoms with E-state index in [-0.39, 0.29) is 24.4 Å². The number of ether oxygens (including phenoxy) is 3. The van der Waals surface area contributed by atoms with Crippen LogP contribution in [0.3, 0.4) is 0 Å². The minimum Gasteiger partial charge on any atom is -0.459 e. The van der Waals surface area contributed by atoms with Crippen molar-refractivity contribution in [2.75, 3.05) is 18.7 Å². The van der Waals surface area contributed by atoms with Crippen LogP contribution < -0.4 is 11.0 Å². The molecule has 0 amide bonds. The lowest BCUT2D eigenvalue weighted by molar-refractivity contribution is -0.218. The molecule has 0 bridgehead atoms. The molecule has 0 aromatic carbocycles. The smallest absolute Gasteiger partial charge is 0.351 e. The van der Waals surface area contributed by atoms with Gasteiger partial charge in [0, 0.05) is 6.20 Å². The van der Waals surface area contributed by atoms with Crippen molar-refractivity contribution in [1.82, 2.24) is 9.55 Å². The lowest BCUT2D eigenvalue weighted by Crippen LogP contribution is -2.43. The van der Waals surface area contributed by atoms with E-state index in [2.05, 4.69) is 10.3 Å². The zero-order valence-corrected chi connectivity index (χ0v) is 18.5. The van der Waals surface area contributed by atoms with Crippen LogP contribution in [0.25, 0.3) is 0 Å². The topological polar surface area (TPSA) is 149 Å². The van der Waals surface area contributed by atoms with Gasteiger partial charge in [-0.05, 0) is 18.9 Å². The molecule has 0 spiro atoms. The van der Waals surface area contributed by atoms with Crippen LogP contribution in [0.1, 0.15) is 46.8 Å². The van der Waals surface area contributed by atoms with Crippen molar-refractivity contribution in [3.05, 3.63) is 22.7 Å². The maximum atomic E-state index is 15.0. The molecule has 1 aliphatic rings. The normalized spacial score (nSPS) is 25.2. The highest BCUT2D eigenvalue weighted by molar-refractivity contribution is 5.72. The second kappa shape index (κ2) is 10.8. The number of carbonyl (C=O) groups excluding carboxylic acids is 2. The van der Waals surface area contributed by atoms with E-state index in [1.165, 1.54) is 12.3 Å². The minimum absolute atomic E-state index is 0.0778. The Balaban J connectivity index is 2.03. The predicted molar refractivity (Wildman–Crippen MR) is 109 cm³/mol. The van der Waals surface area contributed by atoms with E-state index < -0.39 is 48.5 Å². The van der Waals surface area contributed by atoms with Crippen LogP contribution in [-0.2, 0) is 23.8 Å². The predicted octanol–water partition coefficient (Wildman–Crippen LogP) is 0.708. The van der Waals surface area contributed by atoms with Gasteiger partial charge in [0.2, 0.25) is 0 Å². The average molecular weight is 459 g/mol. The van der Waals surface area contributed by atoms with E-state index in [0.717, 1.165) is 4.57 Å². The summed E-state index contributed by atoms with van der Waals surface area (Å²) in [5.74, 6) is -4.66. The number of hydrogen-bond donors (Lipinski definition) is 3. The van der Waals surface area contributed by atoms with Gasteiger partial charge in [0.1, 0.15) is 18.0 Å². The van der Waals surface area contributed by atoms with Crippen molar-refractivity contribution in [1.29, 1.82) is 0 Å². The number of halogens is 1. The van der Waals surface area contributed by atoms with Crippen molar-refractivity contribution in [3.8, 4) is 0 Å².